The van der Waals surface area contributed by atoms with Gasteiger partial charge in [0.1, 0.15) is 31.0 Å². The van der Waals surface area contributed by atoms with Crippen molar-refractivity contribution in [3.05, 3.63) is 54.7 Å². The molecule has 32 heteroatoms. The van der Waals surface area contributed by atoms with Gasteiger partial charge in [-0.1, -0.05) is 0 Å². The number of esters is 2. The molecule has 3 rings (SSSR count). The zero-order valence-electron chi connectivity index (χ0n) is 52.4. The second kappa shape index (κ2) is 74.3. The van der Waals surface area contributed by atoms with Gasteiger partial charge in [-0.2, -0.15) is 40.5 Å². The monoisotopic (exact) mass is 1320 g/mol. The lowest BCUT2D eigenvalue weighted by Crippen LogP contribution is -2.46. The van der Waals surface area contributed by atoms with E-state index in [2.05, 4.69) is 67.8 Å². The molecule has 0 amide bonds. The van der Waals surface area contributed by atoms with Crippen LogP contribution in [-0.4, -0.2) is 301 Å². The summed E-state index contributed by atoms with van der Waals surface area (Å²) in [6.07, 6.45) is 21.0. The number of carboxylic acid groups (broad SMARTS) is 1. The van der Waals surface area contributed by atoms with Gasteiger partial charge in [0, 0.05) is 124 Å². The van der Waals surface area contributed by atoms with Crippen LogP contribution in [0.5, 0.6) is 0 Å². The molecule has 3 aromatic rings. The van der Waals surface area contributed by atoms with Gasteiger partial charge < -0.3 is 102 Å². The van der Waals surface area contributed by atoms with Crippen molar-refractivity contribution in [3.63, 3.8) is 0 Å². The summed E-state index contributed by atoms with van der Waals surface area (Å²) in [4.78, 5) is 69.0. The molecule has 29 nitrogen and oxygen atoms in total. The zero-order valence-corrected chi connectivity index (χ0v) is 55.4. The molecule has 0 unspecified atom stereocenters. The van der Waals surface area contributed by atoms with E-state index in [1.807, 2.05) is 9.80 Å². The van der Waals surface area contributed by atoms with Gasteiger partial charge in [-0.15, -0.1) is 12.8 Å². The predicted octanol–water partition coefficient (Wildman–Crippen LogP) is -0.308. The first-order valence-electron chi connectivity index (χ1n) is 26.8. The van der Waals surface area contributed by atoms with Crippen molar-refractivity contribution in [1.29, 1.82) is 0 Å². The Labute approximate surface area is 540 Å². The van der Waals surface area contributed by atoms with Gasteiger partial charge in [-0.3, -0.25) is 24.2 Å². The predicted molar refractivity (Wildman–Crippen MR) is 343 cm³/mol. The second-order valence-corrected chi connectivity index (χ2v) is 16.5. The highest BCUT2D eigenvalue weighted by atomic mass is 32.1. The zero-order chi connectivity index (χ0) is 63.7. The normalized spacial score (nSPS) is 10.9. The van der Waals surface area contributed by atoms with Crippen molar-refractivity contribution >= 4 is 64.7 Å². The van der Waals surface area contributed by atoms with Gasteiger partial charge in [0.25, 0.3) is 0 Å². The number of carboxylic acids is 1. The lowest BCUT2D eigenvalue weighted by molar-refractivity contribution is -0.148. The number of nitrogens with two attached hydrogens (primary N) is 1. The minimum atomic E-state index is -0.886. The van der Waals surface area contributed by atoms with Crippen molar-refractivity contribution in [2.24, 2.45) is 5.73 Å². The number of aliphatic hydroxyl groups is 1. The van der Waals surface area contributed by atoms with E-state index in [1.165, 1.54) is 14.2 Å². The van der Waals surface area contributed by atoms with Crippen LogP contribution < -0.4 is 5.73 Å². The number of terminal acetylenes is 2. The molecule has 3 aromatic heterocycles. The van der Waals surface area contributed by atoms with E-state index < -0.39 is 30.1 Å². The molecule has 3 heterocycles. The van der Waals surface area contributed by atoms with Gasteiger partial charge in [0.05, 0.1) is 152 Å². The highest BCUT2D eigenvalue weighted by molar-refractivity contribution is 7.59. The average Bonchev–Trinajstić information content (AvgIpc) is 4.44. The van der Waals surface area contributed by atoms with Gasteiger partial charge >= 0.3 is 17.9 Å². The Morgan fingerprint density at radius 1 is 0.511 bits per heavy atom. The van der Waals surface area contributed by atoms with Crippen LogP contribution in [0.15, 0.2) is 37.6 Å². The number of aromatic nitrogens is 6. The van der Waals surface area contributed by atoms with Crippen LogP contribution in [0.4, 0.5) is 0 Å². The number of imidazole rings is 3. The summed E-state index contributed by atoms with van der Waals surface area (Å²) in [6, 6.07) is -1.74. The SMILES string of the molecule is C#CC#CC#C.COC(=O)[C@@H](N)Cc1cnc[nH]1.COCCOCC=O.COCCOCCN(CCOCCOC)[C@@H](Cc1cnc[nH]1)C(=O)O.COCCOCCN(CCOCCOC)[C@@H](Cc1cnc[nH]1)C(=O)OC.COCCOCCO.S.S.S. The third-order valence-corrected chi connectivity index (χ3v) is 10.4. The molecule has 508 valence electrons. The summed E-state index contributed by atoms with van der Waals surface area (Å²) in [5.41, 5.74) is 7.97. The molecule has 0 spiro atoms. The molecule has 0 aromatic carbocycles. The molecule has 0 saturated carbocycles. The molecule has 0 saturated heterocycles. The standard InChI is InChI=1S/C17H31N3O6.C16H29N3O6.C7H11N3O2.C6H2.C5H12O3.C5H10O3.3H2S/c1-22-8-10-25-6-4-20(5-7-26-11-9-23-2)16(17(21)24-3)12-15-13-18-14-19-15;1-22-7-9-24-5-3-19(4-6-25-10-8-23-2)15(16(20)21)11-14-12-17-13-18-14;1-12-7(11)6(8)2-5-3-9-4-10-5;1-3-5-6-4-2;2*1-7-4-5-8-3-2-6;;;/h13-14,16H,4-12H2,1-3H3,(H,18,19);12-13,15H,3-11H2,1-2H3,(H,17,18)(H,20,21);3-4,6H,2,8H2,1H3,(H,9,10);1-2H;6H,2-5H2,1H3;2H,3-5H2,1H3;3*1H2/t16-;15-;6-;;;;;;/m000....../s1. The van der Waals surface area contributed by atoms with Crippen molar-refractivity contribution in [1.82, 2.24) is 39.7 Å². The molecule has 3 atom stereocenters. The number of H-pyrrole nitrogens is 3. The van der Waals surface area contributed by atoms with E-state index in [0.29, 0.717) is 158 Å². The molecule has 0 bridgehead atoms. The fourth-order valence-electron chi connectivity index (χ4n) is 6.15. The van der Waals surface area contributed by atoms with Crippen LogP contribution in [-0.2, 0) is 105 Å². The van der Waals surface area contributed by atoms with E-state index in [9.17, 15) is 24.3 Å². The maximum Gasteiger partial charge on any atom is 0.323 e. The minimum Gasteiger partial charge on any atom is -0.480 e. The quantitative estimate of drug-likeness (QED) is 0.0183. The van der Waals surface area contributed by atoms with Crippen LogP contribution in [0.1, 0.15) is 17.1 Å². The number of rotatable bonds is 45. The van der Waals surface area contributed by atoms with Crippen LogP contribution in [0.2, 0.25) is 0 Å². The van der Waals surface area contributed by atoms with E-state index >= 15 is 0 Å². The summed E-state index contributed by atoms with van der Waals surface area (Å²) < 4.78 is 70.2. The minimum absolute atomic E-state index is 0. The smallest absolute Gasteiger partial charge is 0.323 e. The molecule has 7 N–H and O–H groups in total. The lowest BCUT2D eigenvalue weighted by Gasteiger charge is -2.29. The number of aldehydes is 1. The third kappa shape index (κ3) is 59.7. The number of aliphatic carboxylic acids is 1. The van der Waals surface area contributed by atoms with Crippen LogP contribution in [0.3, 0.4) is 0 Å². The van der Waals surface area contributed by atoms with Crippen LogP contribution in [0, 0.1) is 36.5 Å². The van der Waals surface area contributed by atoms with E-state index in [-0.39, 0.29) is 59.7 Å². The first-order valence-corrected chi connectivity index (χ1v) is 26.8. The Kier molecular flexibility index (Phi) is 79.3. The molecule has 0 aliphatic rings. The summed E-state index contributed by atoms with van der Waals surface area (Å²) >= 11 is 0. The number of methoxy groups -OCH3 is 8. The van der Waals surface area contributed by atoms with Crippen molar-refractivity contribution in [3.8, 4) is 36.5 Å². The fraction of sp³-hybridized carbons (Fsp3) is 0.661. The molecular weight excluding hydrogens is 1210 g/mol. The maximum atomic E-state index is 12.3. The Hall–Kier alpha value is -5.20. The number of aromatic amines is 3. The van der Waals surface area contributed by atoms with E-state index in [1.54, 1.807) is 80.2 Å². The first kappa shape index (κ1) is 93.9. The Bertz CT molecular complexity index is 2040. The van der Waals surface area contributed by atoms with Crippen LogP contribution in [0.25, 0.3) is 0 Å². The lowest BCUT2D eigenvalue weighted by atomic mass is 10.1. The topological polar surface area (TPSA) is 356 Å². The highest BCUT2D eigenvalue weighted by Gasteiger charge is 2.28. The first-order chi connectivity index (χ1) is 41.4. The van der Waals surface area contributed by atoms with Crippen molar-refractivity contribution < 1.29 is 95.7 Å². The molecule has 88 heavy (non-hydrogen) atoms. The Balaban J connectivity index is -0.000000248. The number of hydrogen-bond donors (Lipinski definition) is 6. The summed E-state index contributed by atoms with van der Waals surface area (Å²) in [7, 11) is 12.4. The van der Waals surface area contributed by atoms with E-state index in [4.69, 9.17) is 75.8 Å². The van der Waals surface area contributed by atoms with Crippen LogP contribution >= 0.6 is 40.5 Å². The molecule has 0 radical (unpaired) electrons. The Morgan fingerprint density at radius 3 is 1.11 bits per heavy atom. The van der Waals surface area contributed by atoms with Crippen molar-refractivity contribution in [2.45, 2.75) is 37.4 Å². The van der Waals surface area contributed by atoms with Crippen molar-refractivity contribution in [2.75, 3.05) is 209 Å². The second-order valence-electron chi connectivity index (χ2n) is 16.5. The number of carbonyl (C=O) groups is 4. The van der Waals surface area contributed by atoms with Gasteiger partial charge in [-0.05, 0) is 23.7 Å². The molecule has 0 fully saturated rings. The number of carbonyl (C=O) groups excluding carboxylic acids is 3. The van der Waals surface area contributed by atoms with Gasteiger partial charge in [0.15, 0.2) is 0 Å². The van der Waals surface area contributed by atoms with Gasteiger partial charge in [0.2, 0.25) is 0 Å². The average molecular weight is 1320 g/mol. The molecule has 0 aliphatic heterocycles. The largest absolute Gasteiger partial charge is 0.480 e. The Morgan fingerprint density at radius 2 is 0.830 bits per heavy atom. The third-order valence-electron chi connectivity index (χ3n) is 10.4. The summed E-state index contributed by atoms with van der Waals surface area (Å²) in [5, 5.41) is 17.8. The summed E-state index contributed by atoms with van der Waals surface area (Å²) in [6.45, 7) is 10.9. The molecule has 0 aliphatic carbocycles. The number of aliphatic hydroxyl groups excluding tert-OH is 1. The number of ether oxygens (including phenoxy) is 14. The molecular formula is C56H101N9O20S3. The number of hydrogen-bond acceptors (Lipinski definition) is 25. The fourth-order valence-corrected chi connectivity index (χ4v) is 6.15. The maximum absolute atomic E-state index is 12.3. The van der Waals surface area contributed by atoms with E-state index in [0.717, 1.165) is 23.4 Å². The van der Waals surface area contributed by atoms with Gasteiger partial charge in [-0.25, -0.2) is 15.0 Å². The number of nitrogens with zero attached hydrogens (tertiary/aromatic N) is 5. The number of nitrogens with one attached hydrogen (secondary N) is 3. The summed E-state index contributed by atoms with van der Waals surface area (Å²) in [5.74, 6) is 7.01. The highest BCUT2D eigenvalue weighted by Crippen LogP contribution is 2.10.